The summed E-state index contributed by atoms with van der Waals surface area (Å²) < 4.78 is 5.05. The first kappa shape index (κ1) is 19.2. The third kappa shape index (κ3) is 3.86. The maximum Gasteiger partial charge on any atom is 0.341 e. The Balaban J connectivity index is 1.65. The number of hydrogen-bond acceptors (Lipinski definition) is 4. The van der Waals surface area contributed by atoms with Crippen LogP contribution in [-0.2, 0) is 22.4 Å². The van der Waals surface area contributed by atoms with Gasteiger partial charge < -0.3 is 10.1 Å². The van der Waals surface area contributed by atoms with Gasteiger partial charge in [0.25, 0.3) is 0 Å². The Labute approximate surface area is 170 Å². The number of nitrogens with one attached hydrogen (secondary N) is 1. The number of carbonyl (C=O) groups excluding carboxylic acids is 2. The van der Waals surface area contributed by atoms with Crippen LogP contribution in [0.1, 0.15) is 66.4 Å². The van der Waals surface area contributed by atoms with Crippen LogP contribution in [0.2, 0.25) is 0 Å². The zero-order valence-electron chi connectivity index (χ0n) is 16.4. The van der Waals surface area contributed by atoms with Gasteiger partial charge in [0.1, 0.15) is 10.6 Å². The molecule has 2 aliphatic rings. The number of hydrogen-bond donors (Lipinski definition) is 1. The smallest absolute Gasteiger partial charge is 0.341 e. The number of anilines is 1. The van der Waals surface area contributed by atoms with Crippen LogP contribution in [0.25, 0.3) is 11.1 Å². The zero-order valence-corrected chi connectivity index (χ0v) is 17.2. The van der Waals surface area contributed by atoms with E-state index < -0.39 is 5.97 Å². The van der Waals surface area contributed by atoms with Crippen molar-refractivity contribution in [3.8, 4) is 11.1 Å². The Morgan fingerprint density at radius 3 is 2.54 bits per heavy atom. The van der Waals surface area contributed by atoms with Crippen molar-refractivity contribution in [2.75, 3.05) is 12.4 Å². The lowest BCUT2D eigenvalue weighted by molar-refractivity contribution is -0.120. The molecule has 1 heterocycles. The van der Waals surface area contributed by atoms with Gasteiger partial charge in [0, 0.05) is 16.9 Å². The average Bonchev–Trinajstić information content (AvgIpc) is 3.17. The molecule has 1 aromatic heterocycles. The van der Waals surface area contributed by atoms with E-state index in [0.717, 1.165) is 49.7 Å². The Morgan fingerprint density at radius 1 is 1.04 bits per heavy atom. The van der Waals surface area contributed by atoms with Gasteiger partial charge in [-0.1, -0.05) is 37.5 Å². The number of fused-ring (bicyclic) bond motifs is 1. The quantitative estimate of drug-likeness (QED) is 0.683. The number of thiophene rings is 1. The van der Waals surface area contributed by atoms with Gasteiger partial charge in [-0.05, 0) is 55.2 Å². The highest BCUT2D eigenvalue weighted by Gasteiger charge is 2.26. The lowest BCUT2D eigenvalue weighted by Gasteiger charge is -2.20. The normalized spacial score (nSPS) is 17.0. The summed E-state index contributed by atoms with van der Waals surface area (Å²) in [4.78, 5) is 25.3. The molecule has 28 heavy (non-hydrogen) atoms. The number of ether oxygens (including phenoxy) is 1. The van der Waals surface area contributed by atoms with Gasteiger partial charge in [0.2, 0.25) is 5.91 Å². The van der Waals surface area contributed by atoms with Gasteiger partial charge in [-0.2, -0.15) is 0 Å². The number of amides is 1. The fraction of sp³-hybridized carbons (Fsp3) is 0.478. The minimum Gasteiger partial charge on any atom is -0.465 e. The second kappa shape index (κ2) is 8.48. The van der Waals surface area contributed by atoms with E-state index in [-0.39, 0.29) is 11.8 Å². The molecule has 148 valence electrons. The van der Waals surface area contributed by atoms with Crippen LogP contribution in [0.15, 0.2) is 23.6 Å². The van der Waals surface area contributed by atoms with E-state index in [1.165, 1.54) is 48.8 Å². The van der Waals surface area contributed by atoms with Gasteiger partial charge in [-0.3, -0.25) is 4.79 Å². The molecule has 0 unspecified atom stereocenters. The summed E-state index contributed by atoms with van der Waals surface area (Å²) in [6, 6.07) is 6.48. The molecule has 2 aromatic rings. The highest BCUT2D eigenvalue weighted by atomic mass is 32.1. The number of carbonyl (C=O) groups is 2. The predicted molar refractivity (Wildman–Crippen MR) is 113 cm³/mol. The molecule has 0 aliphatic heterocycles. The van der Waals surface area contributed by atoms with E-state index in [0.29, 0.717) is 10.6 Å². The van der Waals surface area contributed by atoms with Crippen molar-refractivity contribution >= 4 is 28.2 Å². The Kier molecular flexibility index (Phi) is 5.81. The SMILES string of the molecule is COC(=O)c1c(-c2ccc3c(c2)CCCC3)csc1NC(=O)C1CCCCC1. The minimum absolute atomic E-state index is 0.0312. The molecule has 0 spiro atoms. The summed E-state index contributed by atoms with van der Waals surface area (Å²) in [6.45, 7) is 0. The predicted octanol–water partition coefficient (Wildman–Crippen LogP) is 5.60. The van der Waals surface area contributed by atoms with Crippen LogP contribution in [0.5, 0.6) is 0 Å². The van der Waals surface area contributed by atoms with Gasteiger partial charge in [0.05, 0.1) is 7.11 Å². The van der Waals surface area contributed by atoms with Crippen LogP contribution in [-0.4, -0.2) is 19.0 Å². The third-order valence-electron chi connectivity index (χ3n) is 6.05. The lowest BCUT2D eigenvalue weighted by Crippen LogP contribution is -2.25. The first-order valence-corrected chi connectivity index (χ1v) is 11.2. The Hall–Kier alpha value is -2.14. The van der Waals surface area contributed by atoms with Crippen LogP contribution in [0.3, 0.4) is 0 Å². The van der Waals surface area contributed by atoms with Crippen LogP contribution >= 0.6 is 11.3 Å². The molecule has 1 saturated carbocycles. The summed E-state index contributed by atoms with van der Waals surface area (Å²) in [7, 11) is 1.39. The molecule has 4 nitrogen and oxygen atoms in total. The minimum atomic E-state index is -0.395. The molecule has 1 amide bonds. The van der Waals surface area contributed by atoms with Gasteiger partial charge in [-0.15, -0.1) is 11.3 Å². The van der Waals surface area contributed by atoms with Crippen molar-refractivity contribution in [1.82, 2.24) is 0 Å². The number of methoxy groups -OCH3 is 1. The number of benzene rings is 1. The number of esters is 1. The van der Waals surface area contributed by atoms with E-state index in [1.807, 2.05) is 5.38 Å². The van der Waals surface area contributed by atoms with Crippen molar-refractivity contribution in [2.24, 2.45) is 5.92 Å². The van der Waals surface area contributed by atoms with Crippen molar-refractivity contribution in [1.29, 1.82) is 0 Å². The molecule has 1 aromatic carbocycles. The van der Waals surface area contributed by atoms with E-state index in [9.17, 15) is 9.59 Å². The molecular weight excluding hydrogens is 370 g/mol. The monoisotopic (exact) mass is 397 g/mol. The summed E-state index contributed by atoms with van der Waals surface area (Å²) in [6.07, 6.45) is 9.96. The number of aryl methyl sites for hydroxylation is 2. The summed E-state index contributed by atoms with van der Waals surface area (Å²) in [5, 5.41) is 5.60. The standard InChI is InChI=1S/C23H27NO3S/c1-27-23(26)20-19(18-12-11-15-7-5-6-10-17(15)13-18)14-28-22(20)24-21(25)16-8-3-2-4-9-16/h11-14,16H,2-10H2,1H3,(H,24,25). The molecule has 4 rings (SSSR count). The molecular formula is C23H27NO3S. The van der Waals surface area contributed by atoms with Crippen LogP contribution in [0, 0.1) is 5.92 Å². The number of rotatable bonds is 4. The summed E-state index contributed by atoms with van der Waals surface area (Å²) in [5.74, 6) is -0.315. The molecule has 0 radical (unpaired) electrons. The van der Waals surface area contributed by atoms with Crippen LogP contribution in [0.4, 0.5) is 5.00 Å². The Morgan fingerprint density at radius 2 is 1.79 bits per heavy atom. The molecule has 1 fully saturated rings. The van der Waals surface area contributed by atoms with Gasteiger partial charge >= 0.3 is 5.97 Å². The summed E-state index contributed by atoms with van der Waals surface area (Å²) in [5.41, 5.74) is 5.14. The maximum atomic E-state index is 12.7. The van der Waals surface area contributed by atoms with E-state index in [1.54, 1.807) is 0 Å². The van der Waals surface area contributed by atoms with Crippen molar-refractivity contribution in [2.45, 2.75) is 57.8 Å². The molecule has 0 atom stereocenters. The highest BCUT2D eigenvalue weighted by Crippen LogP contribution is 2.38. The average molecular weight is 398 g/mol. The zero-order chi connectivity index (χ0) is 19.5. The second-order valence-electron chi connectivity index (χ2n) is 7.86. The molecule has 0 bridgehead atoms. The largest absolute Gasteiger partial charge is 0.465 e. The Bertz CT molecular complexity index is 880. The first-order chi connectivity index (χ1) is 13.7. The van der Waals surface area contributed by atoms with Gasteiger partial charge in [0.15, 0.2) is 0 Å². The second-order valence-corrected chi connectivity index (χ2v) is 8.74. The van der Waals surface area contributed by atoms with Crippen molar-refractivity contribution in [3.05, 3.63) is 40.3 Å². The summed E-state index contributed by atoms with van der Waals surface area (Å²) >= 11 is 1.41. The molecule has 0 saturated heterocycles. The van der Waals surface area contributed by atoms with Gasteiger partial charge in [-0.25, -0.2) is 4.79 Å². The van der Waals surface area contributed by atoms with E-state index >= 15 is 0 Å². The fourth-order valence-corrected chi connectivity index (χ4v) is 5.41. The van der Waals surface area contributed by atoms with Crippen molar-refractivity contribution in [3.63, 3.8) is 0 Å². The highest BCUT2D eigenvalue weighted by molar-refractivity contribution is 7.15. The first-order valence-electron chi connectivity index (χ1n) is 10.3. The lowest BCUT2D eigenvalue weighted by atomic mass is 9.88. The molecule has 1 N–H and O–H groups in total. The topological polar surface area (TPSA) is 55.4 Å². The van der Waals surface area contributed by atoms with E-state index in [2.05, 4.69) is 23.5 Å². The van der Waals surface area contributed by atoms with Crippen LogP contribution < -0.4 is 5.32 Å². The van der Waals surface area contributed by atoms with Crippen molar-refractivity contribution < 1.29 is 14.3 Å². The fourth-order valence-electron chi connectivity index (χ4n) is 4.45. The molecule has 2 aliphatic carbocycles. The van der Waals surface area contributed by atoms with E-state index in [4.69, 9.17) is 4.74 Å². The molecule has 5 heteroatoms. The maximum absolute atomic E-state index is 12.7. The third-order valence-corrected chi connectivity index (χ3v) is 6.95.